The van der Waals surface area contributed by atoms with Crippen LogP contribution < -0.4 is 10.9 Å². The lowest BCUT2D eigenvalue weighted by molar-refractivity contribution is -0.787. The normalized spacial score (nSPS) is 26.9. The smallest absolute Gasteiger partial charge is 0.248 e. The number of carbonyl (C=O) groups excluding carboxylic acids is 1. The van der Waals surface area contributed by atoms with Crippen molar-refractivity contribution in [3.63, 3.8) is 0 Å². The molecule has 0 aliphatic heterocycles. The van der Waals surface area contributed by atoms with Crippen molar-refractivity contribution in [1.82, 2.24) is 4.90 Å². The molecule has 17 heavy (non-hydrogen) atoms. The fraction of sp³-hybridized carbons (Fsp3) is 0.800. The number of aliphatic hydroxyl groups is 1. The summed E-state index contributed by atoms with van der Waals surface area (Å²) in [7, 11) is 1.44. The number of nitrogens with two attached hydrogens (primary N) is 1. The Kier molecular flexibility index (Phi) is 4.56. The van der Waals surface area contributed by atoms with Gasteiger partial charge in [0.25, 0.3) is 0 Å². The molecule has 1 amide bonds. The van der Waals surface area contributed by atoms with Crippen LogP contribution in [0.1, 0.15) is 19.3 Å². The molecule has 0 radical (unpaired) electrons. The lowest BCUT2D eigenvalue weighted by Gasteiger charge is -2.20. The minimum atomic E-state index is -1.23. The van der Waals surface area contributed by atoms with Crippen LogP contribution in [0.2, 0.25) is 0 Å². The van der Waals surface area contributed by atoms with E-state index in [-0.39, 0.29) is 18.4 Å². The highest BCUT2D eigenvalue weighted by atomic mass is 16.5. The van der Waals surface area contributed by atoms with E-state index < -0.39 is 6.09 Å². The second kappa shape index (κ2) is 5.72. The van der Waals surface area contributed by atoms with E-state index in [1.54, 1.807) is 0 Å². The third-order valence-corrected chi connectivity index (χ3v) is 3.31. The predicted octanol–water partition coefficient (Wildman–Crippen LogP) is -1.61. The molecule has 0 aromatic heterocycles. The van der Waals surface area contributed by atoms with Crippen LogP contribution in [0.25, 0.3) is 0 Å². The molecule has 1 fully saturated rings. The molecule has 0 saturated heterocycles. The number of hydrazine groups is 1. The van der Waals surface area contributed by atoms with Gasteiger partial charge in [0, 0.05) is 19.5 Å². The zero-order chi connectivity index (χ0) is 13.0. The van der Waals surface area contributed by atoms with E-state index in [0.29, 0.717) is 23.5 Å². The van der Waals surface area contributed by atoms with Gasteiger partial charge in [-0.1, -0.05) is 0 Å². The zero-order valence-corrected chi connectivity index (χ0v) is 9.87. The van der Waals surface area contributed by atoms with E-state index in [2.05, 4.69) is 0 Å². The molecule has 1 aliphatic rings. The largest absolute Gasteiger partial charge is 0.530 e. The van der Waals surface area contributed by atoms with Crippen molar-refractivity contribution in [2.75, 3.05) is 20.2 Å². The summed E-state index contributed by atoms with van der Waals surface area (Å²) in [5.41, 5.74) is 0.583. The molecule has 7 nitrogen and oxygen atoms in total. The van der Waals surface area contributed by atoms with Gasteiger partial charge < -0.3 is 19.9 Å². The number of hydrogen-bond acceptors (Lipinski definition) is 5. The van der Waals surface area contributed by atoms with Crippen molar-refractivity contribution in [3.8, 4) is 0 Å². The monoisotopic (exact) mass is 245 g/mol. The van der Waals surface area contributed by atoms with E-state index >= 15 is 0 Å². The van der Waals surface area contributed by atoms with Gasteiger partial charge in [-0.25, -0.2) is 0 Å². The molecular weight excluding hydrogens is 226 g/mol. The Morgan fingerprint density at radius 1 is 1.59 bits per heavy atom. The first kappa shape index (κ1) is 13.6. The first-order valence-electron chi connectivity index (χ1n) is 5.60. The Hall–Kier alpha value is -1.50. The van der Waals surface area contributed by atoms with Crippen molar-refractivity contribution >= 4 is 11.8 Å². The van der Waals surface area contributed by atoms with E-state index in [1.807, 2.05) is 0 Å². The van der Waals surface area contributed by atoms with Crippen LogP contribution in [0.3, 0.4) is 0 Å². The summed E-state index contributed by atoms with van der Waals surface area (Å²) in [5, 5.41) is 29.0. The number of nitrogens with zero attached hydrogens (tertiary/aromatic N) is 2. The molecule has 0 heterocycles. The number of hydrazone groups is 1. The molecule has 0 bridgehead atoms. The first-order chi connectivity index (χ1) is 7.97. The van der Waals surface area contributed by atoms with Crippen LogP contribution in [0.5, 0.6) is 0 Å². The van der Waals surface area contributed by atoms with Crippen LogP contribution in [-0.2, 0) is 0 Å². The lowest BCUT2D eigenvalue weighted by Crippen LogP contribution is -2.40. The SMILES string of the molecule is CN(CCC1CCC(CO)C1=[N+](N)O)C(=O)[O-]. The van der Waals surface area contributed by atoms with Gasteiger partial charge in [0.15, 0.2) is 0 Å². The number of amides is 1. The fourth-order valence-corrected chi connectivity index (χ4v) is 2.32. The predicted molar refractivity (Wildman–Crippen MR) is 57.2 cm³/mol. The van der Waals surface area contributed by atoms with Gasteiger partial charge in [0.2, 0.25) is 5.71 Å². The van der Waals surface area contributed by atoms with Crippen molar-refractivity contribution in [2.24, 2.45) is 17.7 Å². The Labute approximate surface area is 99.7 Å². The van der Waals surface area contributed by atoms with Gasteiger partial charge in [-0.2, -0.15) is 5.84 Å². The second-order valence-electron chi connectivity index (χ2n) is 4.40. The van der Waals surface area contributed by atoms with Crippen molar-refractivity contribution in [1.29, 1.82) is 0 Å². The molecule has 1 aliphatic carbocycles. The molecule has 0 aromatic carbocycles. The maximum absolute atomic E-state index is 10.5. The maximum atomic E-state index is 10.5. The van der Waals surface area contributed by atoms with Gasteiger partial charge in [-0.05, 0) is 19.3 Å². The summed E-state index contributed by atoms with van der Waals surface area (Å²) >= 11 is 0. The quantitative estimate of drug-likeness (QED) is 0.238. The Morgan fingerprint density at radius 3 is 2.65 bits per heavy atom. The minimum Gasteiger partial charge on any atom is -0.530 e. The van der Waals surface area contributed by atoms with Crippen LogP contribution in [0, 0.1) is 11.8 Å². The average Bonchev–Trinajstić information content (AvgIpc) is 2.68. The minimum absolute atomic E-state index is 0.00366. The molecule has 0 aromatic rings. The Bertz CT molecular complexity index is 315. The van der Waals surface area contributed by atoms with E-state index in [4.69, 9.17) is 10.9 Å². The molecule has 2 unspecified atom stereocenters. The van der Waals surface area contributed by atoms with E-state index in [0.717, 1.165) is 17.7 Å². The number of aliphatic hydroxyl groups excluding tert-OH is 1. The maximum Gasteiger partial charge on any atom is 0.248 e. The number of hydrogen-bond donors (Lipinski definition) is 3. The molecule has 7 heteroatoms. The first-order valence-corrected chi connectivity index (χ1v) is 5.60. The highest BCUT2D eigenvalue weighted by molar-refractivity contribution is 5.86. The second-order valence-corrected chi connectivity index (χ2v) is 4.40. The van der Waals surface area contributed by atoms with E-state index in [1.165, 1.54) is 7.05 Å². The highest BCUT2D eigenvalue weighted by Crippen LogP contribution is 2.30. The topological polar surface area (TPSA) is 113 Å². The Morgan fingerprint density at radius 2 is 2.18 bits per heavy atom. The van der Waals surface area contributed by atoms with E-state index in [9.17, 15) is 15.1 Å². The molecule has 98 valence electrons. The fourth-order valence-electron chi connectivity index (χ4n) is 2.32. The summed E-state index contributed by atoms with van der Waals surface area (Å²) in [6, 6.07) is 0. The summed E-state index contributed by atoms with van der Waals surface area (Å²) in [5.74, 6) is 5.19. The van der Waals surface area contributed by atoms with Gasteiger partial charge in [-0.15, -0.1) is 0 Å². The molecular formula is C10H19N3O4. The van der Waals surface area contributed by atoms with Gasteiger partial charge in [0.1, 0.15) is 6.09 Å². The number of carboxylic acid groups (broad SMARTS) is 1. The van der Waals surface area contributed by atoms with Gasteiger partial charge in [0.05, 0.1) is 17.4 Å². The summed E-state index contributed by atoms with van der Waals surface area (Å²) in [6.45, 7) is 0.263. The summed E-state index contributed by atoms with van der Waals surface area (Å²) < 4.78 is 0. The number of carbonyl (C=O) groups is 1. The standard InChI is InChI=1S/C10H19N3O4/c1-12(10(15)16)5-4-7-2-3-8(6-14)9(7)13(11)17/h7-8,14H,2-6,11H2,1H3,(H-,15,16,17). The van der Waals surface area contributed by atoms with Gasteiger partial charge in [-0.3, -0.25) is 5.21 Å². The van der Waals surface area contributed by atoms with Crippen LogP contribution in [-0.4, -0.2) is 52.1 Å². The third kappa shape index (κ3) is 3.23. The van der Waals surface area contributed by atoms with Crippen molar-refractivity contribution in [3.05, 3.63) is 0 Å². The Balaban J connectivity index is 2.60. The average molecular weight is 245 g/mol. The van der Waals surface area contributed by atoms with Gasteiger partial charge >= 0.3 is 0 Å². The molecule has 1 rings (SSSR count). The zero-order valence-electron chi connectivity index (χ0n) is 9.87. The van der Waals surface area contributed by atoms with Crippen LogP contribution >= 0.6 is 0 Å². The molecule has 1 saturated carbocycles. The highest BCUT2D eigenvalue weighted by Gasteiger charge is 2.39. The van der Waals surface area contributed by atoms with Crippen LogP contribution in [0.4, 0.5) is 4.79 Å². The third-order valence-electron chi connectivity index (χ3n) is 3.31. The summed E-state index contributed by atoms with van der Waals surface area (Å²) in [4.78, 5) is 12.2. The molecule has 4 N–H and O–H groups in total. The van der Waals surface area contributed by atoms with Crippen molar-refractivity contribution in [2.45, 2.75) is 19.3 Å². The van der Waals surface area contributed by atoms with Crippen molar-refractivity contribution < 1.29 is 25.1 Å². The molecule has 0 spiro atoms. The van der Waals surface area contributed by atoms with Crippen LogP contribution in [0.15, 0.2) is 0 Å². The molecule has 2 atom stereocenters. The summed E-state index contributed by atoms with van der Waals surface area (Å²) in [6.07, 6.45) is 0.872. The number of rotatable bonds is 4. The lowest BCUT2D eigenvalue weighted by atomic mass is 9.99.